The number of nitrogens with one attached hydrogen (secondary N) is 1. The Labute approximate surface area is 197 Å². The van der Waals surface area contributed by atoms with Crippen LogP contribution in [0.3, 0.4) is 0 Å². The molecule has 0 spiro atoms. The molecule has 34 heavy (non-hydrogen) atoms. The summed E-state index contributed by atoms with van der Waals surface area (Å²) in [7, 11) is 0. The van der Waals surface area contributed by atoms with E-state index >= 15 is 0 Å². The van der Waals surface area contributed by atoms with Crippen molar-refractivity contribution in [3.05, 3.63) is 120 Å². The lowest BCUT2D eigenvalue weighted by molar-refractivity contribution is -0.123. The van der Waals surface area contributed by atoms with Gasteiger partial charge in [-0.2, -0.15) is 5.10 Å². The molecule has 1 amide bonds. The van der Waals surface area contributed by atoms with E-state index in [-0.39, 0.29) is 6.61 Å². The van der Waals surface area contributed by atoms with E-state index in [4.69, 9.17) is 9.47 Å². The standard InChI is InChI=1S/C28H22N2O4/c31-27(20-33-25-16-14-23(15-17-25)22-9-3-1-4-10-22)30-29-19-21-8-7-13-26(18-21)34-28(32)24-11-5-2-6-12-24/h1-19H,20H2,(H,30,31)/b29-19+. The molecule has 0 aromatic heterocycles. The second-order valence-corrected chi connectivity index (χ2v) is 7.30. The molecule has 0 saturated heterocycles. The average molecular weight is 450 g/mol. The molecular weight excluding hydrogens is 428 g/mol. The Morgan fingerprint density at radius 1 is 0.735 bits per heavy atom. The molecule has 1 N–H and O–H groups in total. The summed E-state index contributed by atoms with van der Waals surface area (Å²) in [5.41, 5.74) is 5.73. The second-order valence-electron chi connectivity index (χ2n) is 7.30. The highest BCUT2D eigenvalue weighted by molar-refractivity contribution is 5.91. The number of benzene rings is 4. The van der Waals surface area contributed by atoms with Crippen LogP contribution in [-0.2, 0) is 4.79 Å². The van der Waals surface area contributed by atoms with Crippen LogP contribution in [0.25, 0.3) is 11.1 Å². The maximum atomic E-state index is 12.2. The Morgan fingerprint density at radius 3 is 2.15 bits per heavy atom. The highest BCUT2D eigenvalue weighted by Crippen LogP contribution is 2.22. The summed E-state index contributed by atoms with van der Waals surface area (Å²) in [6.07, 6.45) is 1.46. The summed E-state index contributed by atoms with van der Waals surface area (Å²) in [6.45, 7) is -0.170. The third-order valence-electron chi connectivity index (χ3n) is 4.81. The fourth-order valence-electron chi connectivity index (χ4n) is 3.13. The molecule has 168 valence electrons. The Morgan fingerprint density at radius 2 is 1.41 bits per heavy atom. The van der Waals surface area contributed by atoms with Gasteiger partial charge in [0.2, 0.25) is 0 Å². The van der Waals surface area contributed by atoms with Crippen molar-refractivity contribution in [2.45, 2.75) is 0 Å². The van der Waals surface area contributed by atoms with E-state index in [1.807, 2.05) is 60.7 Å². The minimum absolute atomic E-state index is 0.170. The number of nitrogens with zero attached hydrogens (tertiary/aromatic N) is 1. The number of hydrogen-bond donors (Lipinski definition) is 1. The maximum Gasteiger partial charge on any atom is 0.343 e. The van der Waals surface area contributed by atoms with Gasteiger partial charge in [0, 0.05) is 0 Å². The lowest BCUT2D eigenvalue weighted by Gasteiger charge is -2.07. The normalized spacial score (nSPS) is 10.6. The van der Waals surface area contributed by atoms with Crippen molar-refractivity contribution >= 4 is 18.1 Å². The number of ether oxygens (including phenoxy) is 2. The fourth-order valence-corrected chi connectivity index (χ4v) is 3.13. The first-order chi connectivity index (χ1) is 16.7. The van der Waals surface area contributed by atoms with E-state index in [2.05, 4.69) is 10.5 Å². The van der Waals surface area contributed by atoms with Gasteiger partial charge in [-0.1, -0.05) is 72.8 Å². The number of hydrogen-bond acceptors (Lipinski definition) is 5. The maximum absolute atomic E-state index is 12.2. The van der Waals surface area contributed by atoms with E-state index in [9.17, 15) is 9.59 Å². The van der Waals surface area contributed by atoms with E-state index in [0.29, 0.717) is 22.6 Å². The van der Waals surface area contributed by atoms with Gasteiger partial charge in [0.15, 0.2) is 6.61 Å². The highest BCUT2D eigenvalue weighted by atomic mass is 16.5. The lowest BCUT2D eigenvalue weighted by atomic mass is 10.1. The monoisotopic (exact) mass is 450 g/mol. The third kappa shape index (κ3) is 6.40. The molecule has 0 unspecified atom stereocenters. The highest BCUT2D eigenvalue weighted by Gasteiger charge is 2.08. The first-order valence-electron chi connectivity index (χ1n) is 10.6. The quantitative estimate of drug-likeness (QED) is 0.175. The van der Waals surface area contributed by atoms with Gasteiger partial charge in [0.05, 0.1) is 11.8 Å². The van der Waals surface area contributed by atoms with Crippen LogP contribution in [0.5, 0.6) is 11.5 Å². The molecule has 0 aliphatic heterocycles. The van der Waals surface area contributed by atoms with Gasteiger partial charge in [0.1, 0.15) is 11.5 Å². The van der Waals surface area contributed by atoms with Crippen molar-refractivity contribution in [2.24, 2.45) is 5.10 Å². The molecule has 6 nitrogen and oxygen atoms in total. The zero-order valence-electron chi connectivity index (χ0n) is 18.3. The number of hydrazone groups is 1. The van der Waals surface area contributed by atoms with Crippen LogP contribution in [-0.4, -0.2) is 24.7 Å². The summed E-state index contributed by atoms with van der Waals surface area (Å²) in [5, 5.41) is 3.94. The first kappa shape index (κ1) is 22.5. The summed E-state index contributed by atoms with van der Waals surface area (Å²) in [5.74, 6) is 0.130. The van der Waals surface area contributed by atoms with E-state index < -0.39 is 11.9 Å². The van der Waals surface area contributed by atoms with Crippen LogP contribution < -0.4 is 14.9 Å². The van der Waals surface area contributed by atoms with Crippen LogP contribution in [0.1, 0.15) is 15.9 Å². The molecule has 0 radical (unpaired) electrons. The molecule has 4 aromatic rings. The third-order valence-corrected chi connectivity index (χ3v) is 4.81. The molecular formula is C28H22N2O4. The molecule has 4 aromatic carbocycles. The smallest absolute Gasteiger partial charge is 0.343 e. The zero-order chi connectivity index (χ0) is 23.6. The first-order valence-corrected chi connectivity index (χ1v) is 10.6. The Kier molecular flexibility index (Phi) is 7.43. The fraction of sp³-hybridized carbons (Fsp3) is 0.0357. The second kappa shape index (κ2) is 11.2. The molecule has 0 aliphatic rings. The van der Waals surface area contributed by atoms with Gasteiger partial charge in [-0.15, -0.1) is 0 Å². The number of esters is 1. The van der Waals surface area contributed by atoms with Gasteiger partial charge >= 0.3 is 5.97 Å². The summed E-state index contributed by atoms with van der Waals surface area (Å²) < 4.78 is 10.9. The number of rotatable bonds is 8. The molecule has 0 fully saturated rings. The summed E-state index contributed by atoms with van der Waals surface area (Å²) in [6, 6.07) is 33.1. The van der Waals surface area contributed by atoms with Crippen molar-refractivity contribution in [2.75, 3.05) is 6.61 Å². The van der Waals surface area contributed by atoms with Crippen molar-refractivity contribution in [1.29, 1.82) is 0 Å². The molecule has 6 heteroatoms. The van der Waals surface area contributed by atoms with Crippen molar-refractivity contribution in [3.8, 4) is 22.6 Å². The largest absolute Gasteiger partial charge is 0.484 e. The van der Waals surface area contributed by atoms with E-state index in [0.717, 1.165) is 11.1 Å². The van der Waals surface area contributed by atoms with Crippen molar-refractivity contribution in [3.63, 3.8) is 0 Å². The SMILES string of the molecule is O=C(COc1ccc(-c2ccccc2)cc1)N/N=C/c1cccc(OC(=O)c2ccccc2)c1. The van der Waals surface area contributed by atoms with Crippen LogP contribution in [0, 0.1) is 0 Å². The molecule has 4 rings (SSSR count). The van der Waals surface area contributed by atoms with Crippen molar-refractivity contribution in [1.82, 2.24) is 5.43 Å². The summed E-state index contributed by atoms with van der Waals surface area (Å²) >= 11 is 0. The van der Waals surface area contributed by atoms with Gasteiger partial charge in [-0.3, -0.25) is 4.79 Å². The Hall–Kier alpha value is -4.71. The predicted molar refractivity (Wildman–Crippen MR) is 131 cm³/mol. The van der Waals surface area contributed by atoms with Crippen LogP contribution in [0.15, 0.2) is 114 Å². The Bertz CT molecular complexity index is 1270. The lowest BCUT2D eigenvalue weighted by Crippen LogP contribution is -2.24. The topological polar surface area (TPSA) is 77.0 Å². The number of carbonyl (C=O) groups excluding carboxylic acids is 2. The van der Waals surface area contributed by atoms with Gasteiger partial charge < -0.3 is 9.47 Å². The predicted octanol–water partition coefficient (Wildman–Crippen LogP) is 5.10. The van der Waals surface area contributed by atoms with Gasteiger partial charge in [-0.05, 0) is 53.1 Å². The van der Waals surface area contributed by atoms with E-state index in [1.165, 1.54) is 6.21 Å². The van der Waals surface area contributed by atoms with Crippen molar-refractivity contribution < 1.29 is 19.1 Å². The molecule has 0 saturated carbocycles. The van der Waals surface area contributed by atoms with Gasteiger partial charge in [-0.25, -0.2) is 10.2 Å². The molecule has 0 heterocycles. The number of carbonyl (C=O) groups is 2. The molecule has 0 bridgehead atoms. The number of amides is 1. The minimum atomic E-state index is -0.447. The average Bonchev–Trinajstić information content (AvgIpc) is 2.89. The van der Waals surface area contributed by atoms with Crippen LogP contribution in [0.2, 0.25) is 0 Å². The minimum Gasteiger partial charge on any atom is -0.484 e. The zero-order valence-corrected chi connectivity index (χ0v) is 18.3. The van der Waals surface area contributed by atoms with Crippen LogP contribution in [0.4, 0.5) is 0 Å². The summed E-state index contributed by atoms with van der Waals surface area (Å²) in [4.78, 5) is 24.2. The molecule has 0 aliphatic carbocycles. The van der Waals surface area contributed by atoms with E-state index in [1.54, 1.807) is 48.5 Å². The van der Waals surface area contributed by atoms with Crippen LogP contribution >= 0.6 is 0 Å². The van der Waals surface area contributed by atoms with Gasteiger partial charge in [0.25, 0.3) is 5.91 Å². The Balaban J connectivity index is 1.25. The molecule has 0 atom stereocenters.